The third-order valence-electron chi connectivity index (χ3n) is 3.20. The third-order valence-corrected chi connectivity index (χ3v) is 3.20. The molecule has 3 N–H and O–H groups in total. The number of nitrogens with two attached hydrogens (primary N) is 1. The summed E-state index contributed by atoms with van der Waals surface area (Å²) in [6.45, 7) is 3.11. The lowest BCUT2D eigenvalue weighted by Gasteiger charge is -2.24. The van der Waals surface area contributed by atoms with Crippen LogP contribution in [0.4, 0.5) is 0 Å². The number of carbonyl (C=O) groups excluding carboxylic acids is 1. The molecule has 0 saturated heterocycles. The van der Waals surface area contributed by atoms with Crippen molar-refractivity contribution in [1.82, 2.24) is 4.90 Å². The zero-order valence-electron chi connectivity index (χ0n) is 12.2. The number of aliphatic hydroxyl groups excluding tert-OH is 1. The molecule has 1 amide bonds. The Hall–Kier alpha value is -1.59. The highest BCUT2D eigenvalue weighted by atomic mass is 16.5. The van der Waals surface area contributed by atoms with Gasteiger partial charge in [0.05, 0.1) is 13.7 Å². The molecule has 1 aromatic carbocycles. The van der Waals surface area contributed by atoms with Crippen LogP contribution in [0.1, 0.15) is 18.9 Å². The Balaban J connectivity index is 2.78. The van der Waals surface area contributed by atoms with Crippen molar-refractivity contribution < 1.29 is 14.6 Å². The molecule has 0 bridgehead atoms. The predicted octanol–water partition coefficient (Wildman–Crippen LogP) is 1.00. The molecule has 0 aliphatic heterocycles. The van der Waals surface area contributed by atoms with E-state index in [0.717, 1.165) is 11.3 Å². The summed E-state index contributed by atoms with van der Waals surface area (Å²) in [7, 11) is 1.60. The molecule has 0 aromatic heterocycles. The SMILES string of the molecule is COc1ccccc1CN(CCO)C(=O)CC(C)CN. The van der Waals surface area contributed by atoms with E-state index < -0.39 is 0 Å². The van der Waals surface area contributed by atoms with Gasteiger partial charge in [-0.05, 0) is 18.5 Å². The molecule has 112 valence electrons. The molecule has 1 unspecified atom stereocenters. The number of nitrogens with zero attached hydrogens (tertiary/aromatic N) is 1. The fraction of sp³-hybridized carbons (Fsp3) is 0.533. The molecule has 20 heavy (non-hydrogen) atoms. The Labute approximate surface area is 120 Å². The lowest BCUT2D eigenvalue weighted by atomic mass is 10.1. The molecule has 0 radical (unpaired) electrons. The molecule has 0 aliphatic carbocycles. The van der Waals surface area contributed by atoms with Crippen LogP contribution in [-0.4, -0.2) is 42.7 Å². The van der Waals surface area contributed by atoms with E-state index in [4.69, 9.17) is 15.6 Å². The van der Waals surface area contributed by atoms with Gasteiger partial charge in [0.25, 0.3) is 0 Å². The Morgan fingerprint density at radius 2 is 2.15 bits per heavy atom. The number of carbonyl (C=O) groups is 1. The van der Waals surface area contributed by atoms with Crippen LogP contribution in [0, 0.1) is 5.92 Å². The molecular weight excluding hydrogens is 256 g/mol. The normalized spacial score (nSPS) is 12.0. The van der Waals surface area contributed by atoms with Gasteiger partial charge in [0, 0.05) is 25.1 Å². The van der Waals surface area contributed by atoms with Crippen LogP contribution in [0.5, 0.6) is 5.75 Å². The average Bonchev–Trinajstić information content (AvgIpc) is 2.47. The van der Waals surface area contributed by atoms with Crippen molar-refractivity contribution in [2.45, 2.75) is 19.9 Å². The number of ether oxygens (including phenoxy) is 1. The third kappa shape index (κ3) is 4.83. The van der Waals surface area contributed by atoms with Crippen LogP contribution in [0.2, 0.25) is 0 Å². The van der Waals surface area contributed by atoms with Gasteiger partial charge in [-0.2, -0.15) is 0 Å². The molecule has 1 atom stereocenters. The summed E-state index contributed by atoms with van der Waals surface area (Å²) in [4.78, 5) is 13.9. The molecule has 5 heteroatoms. The molecule has 1 rings (SSSR count). The summed E-state index contributed by atoms with van der Waals surface area (Å²) in [5, 5.41) is 9.13. The average molecular weight is 280 g/mol. The largest absolute Gasteiger partial charge is 0.496 e. The topological polar surface area (TPSA) is 75.8 Å². The number of hydrogen-bond donors (Lipinski definition) is 2. The zero-order chi connectivity index (χ0) is 15.0. The minimum absolute atomic E-state index is 0.00269. The zero-order valence-corrected chi connectivity index (χ0v) is 12.2. The number of methoxy groups -OCH3 is 1. The smallest absolute Gasteiger partial charge is 0.223 e. The quantitative estimate of drug-likeness (QED) is 0.745. The second-order valence-corrected chi connectivity index (χ2v) is 4.90. The van der Waals surface area contributed by atoms with E-state index in [9.17, 15) is 4.79 Å². The Bertz CT molecular complexity index is 423. The summed E-state index contributed by atoms with van der Waals surface area (Å²) in [5.41, 5.74) is 6.48. The number of aliphatic hydroxyl groups is 1. The van der Waals surface area contributed by atoms with Gasteiger partial charge >= 0.3 is 0 Å². The van der Waals surface area contributed by atoms with Gasteiger partial charge in [0.15, 0.2) is 0 Å². The Morgan fingerprint density at radius 3 is 2.75 bits per heavy atom. The molecule has 0 heterocycles. The van der Waals surface area contributed by atoms with Crippen molar-refractivity contribution in [1.29, 1.82) is 0 Å². The van der Waals surface area contributed by atoms with Crippen LogP contribution in [-0.2, 0) is 11.3 Å². The van der Waals surface area contributed by atoms with E-state index in [1.165, 1.54) is 0 Å². The van der Waals surface area contributed by atoms with Crippen molar-refractivity contribution in [2.24, 2.45) is 11.7 Å². The van der Waals surface area contributed by atoms with Gasteiger partial charge in [-0.3, -0.25) is 4.79 Å². The fourth-order valence-corrected chi connectivity index (χ4v) is 1.96. The first kappa shape index (κ1) is 16.5. The highest BCUT2D eigenvalue weighted by Crippen LogP contribution is 2.20. The van der Waals surface area contributed by atoms with Gasteiger partial charge < -0.3 is 20.5 Å². The van der Waals surface area contributed by atoms with E-state index in [0.29, 0.717) is 26.1 Å². The summed E-state index contributed by atoms with van der Waals surface area (Å²) in [6.07, 6.45) is 0.394. The number of benzene rings is 1. The van der Waals surface area contributed by atoms with Crippen molar-refractivity contribution in [3.63, 3.8) is 0 Å². The van der Waals surface area contributed by atoms with Crippen LogP contribution in [0.25, 0.3) is 0 Å². The van der Waals surface area contributed by atoms with E-state index in [-0.39, 0.29) is 18.4 Å². The van der Waals surface area contributed by atoms with Crippen molar-refractivity contribution in [2.75, 3.05) is 26.8 Å². The predicted molar refractivity (Wildman–Crippen MR) is 78.3 cm³/mol. The Morgan fingerprint density at radius 1 is 1.45 bits per heavy atom. The first-order valence-corrected chi connectivity index (χ1v) is 6.83. The maximum Gasteiger partial charge on any atom is 0.223 e. The van der Waals surface area contributed by atoms with E-state index in [1.54, 1.807) is 12.0 Å². The van der Waals surface area contributed by atoms with Crippen molar-refractivity contribution in [3.8, 4) is 5.75 Å². The molecule has 0 fully saturated rings. The number of para-hydroxylation sites is 1. The Kier molecular flexibility index (Phi) is 7.04. The van der Waals surface area contributed by atoms with Crippen LogP contribution >= 0.6 is 0 Å². The maximum absolute atomic E-state index is 12.2. The summed E-state index contributed by atoms with van der Waals surface area (Å²) in [6, 6.07) is 7.57. The molecular formula is C15H24N2O3. The van der Waals surface area contributed by atoms with Gasteiger partial charge in [0.2, 0.25) is 5.91 Å². The maximum atomic E-state index is 12.2. The van der Waals surface area contributed by atoms with Gasteiger partial charge in [-0.1, -0.05) is 25.1 Å². The molecule has 5 nitrogen and oxygen atoms in total. The minimum atomic E-state index is -0.0576. The van der Waals surface area contributed by atoms with Crippen molar-refractivity contribution in [3.05, 3.63) is 29.8 Å². The first-order chi connectivity index (χ1) is 9.62. The molecule has 0 spiro atoms. The van der Waals surface area contributed by atoms with E-state index in [2.05, 4.69) is 0 Å². The monoisotopic (exact) mass is 280 g/mol. The number of amides is 1. The fourth-order valence-electron chi connectivity index (χ4n) is 1.96. The second-order valence-electron chi connectivity index (χ2n) is 4.90. The van der Waals surface area contributed by atoms with E-state index in [1.807, 2.05) is 31.2 Å². The van der Waals surface area contributed by atoms with Crippen LogP contribution in [0.3, 0.4) is 0 Å². The second kappa shape index (κ2) is 8.55. The van der Waals surface area contributed by atoms with Crippen LogP contribution in [0.15, 0.2) is 24.3 Å². The number of rotatable bonds is 8. The lowest BCUT2D eigenvalue weighted by molar-refractivity contribution is -0.133. The standard InChI is InChI=1S/C15H24N2O3/c1-12(10-16)9-15(19)17(7-8-18)11-13-5-3-4-6-14(13)20-2/h3-6,12,18H,7-11,16H2,1-2H3. The lowest BCUT2D eigenvalue weighted by Crippen LogP contribution is -2.35. The van der Waals surface area contributed by atoms with Gasteiger partial charge in [0.1, 0.15) is 5.75 Å². The van der Waals surface area contributed by atoms with E-state index >= 15 is 0 Å². The van der Waals surface area contributed by atoms with Crippen LogP contribution < -0.4 is 10.5 Å². The van der Waals surface area contributed by atoms with Gasteiger partial charge in [-0.15, -0.1) is 0 Å². The summed E-state index contributed by atoms with van der Waals surface area (Å²) < 4.78 is 5.29. The minimum Gasteiger partial charge on any atom is -0.496 e. The highest BCUT2D eigenvalue weighted by Gasteiger charge is 2.17. The highest BCUT2D eigenvalue weighted by molar-refractivity contribution is 5.76. The first-order valence-electron chi connectivity index (χ1n) is 6.83. The summed E-state index contributed by atoms with van der Waals surface area (Å²) >= 11 is 0. The van der Waals surface area contributed by atoms with Crippen molar-refractivity contribution >= 4 is 5.91 Å². The number of hydrogen-bond acceptors (Lipinski definition) is 4. The molecule has 0 aliphatic rings. The van der Waals surface area contributed by atoms with Gasteiger partial charge in [-0.25, -0.2) is 0 Å². The molecule has 0 saturated carbocycles. The summed E-state index contributed by atoms with van der Waals surface area (Å²) in [5.74, 6) is 0.888. The molecule has 1 aromatic rings.